The number of nitrogens with zero attached hydrogens (tertiary/aromatic N) is 1. The monoisotopic (exact) mass is 377 g/mol. The zero-order chi connectivity index (χ0) is 19.7. The molecule has 0 spiro atoms. The Kier molecular flexibility index (Phi) is 4.96. The van der Waals surface area contributed by atoms with Crippen LogP contribution in [0.2, 0.25) is 0 Å². The molecule has 1 aromatic heterocycles. The van der Waals surface area contributed by atoms with Crippen LogP contribution < -0.4 is 11.3 Å². The third kappa shape index (κ3) is 3.55. The Morgan fingerprint density at radius 1 is 1.11 bits per heavy atom. The molecular formula is C22H23N3O3. The van der Waals surface area contributed by atoms with Crippen LogP contribution in [0.25, 0.3) is 10.8 Å². The lowest BCUT2D eigenvalue weighted by molar-refractivity contribution is 0.0996. The van der Waals surface area contributed by atoms with E-state index in [-0.39, 0.29) is 17.6 Å². The number of fused-ring (bicyclic) bond motifs is 1. The number of aromatic amines is 1. The van der Waals surface area contributed by atoms with Crippen molar-refractivity contribution in [2.75, 3.05) is 0 Å². The Hall–Kier alpha value is -2.99. The summed E-state index contributed by atoms with van der Waals surface area (Å²) in [6.45, 7) is 0. The summed E-state index contributed by atoms with van der Waals surface area (Å²) in [5.41, 5.74) is 8.61. The Labute approximate surface area is 162 Å². The van der Waals surface area contributed by atoms with E-state index in [4.69, 9.17) is 5.73 Å². The van der Waals surface area contributed by atoms with Gasteiger partial charge in [0.05, 0.1) is 17.2 Å². The number of primary amides is 1. The van der Waals surface area contributed by atoms with Gasteiger partial charge in [-0.1, -0.05) is 30.3 Å². The lowest BCUT2D eigenvalue weighted by Crippen LogP contribution is -2.21. The molecule has 6 nitrogen and oxygen atoms in total. The van der Waals surface area contributed by atoms with Crippen molar-refractivity contribution >= 4 is 16.7 Å². The quantitative estimate of drug-likeness (QED) is 0.649. The first kappa shape index (κ1) is 18.4. The molecule has 0 saturated heterocycles. The Morgan fingerprint density at radius 2 is 1.82 bits per heavy atom. The zero-order valence-corrected chi connectivity index (χ0v) is 15.5. The molecule has 0 atom stereocenters. The van der Waals surface area contributed by atoms with Crippen LogP contribution in [0.15, 0.2) is 47.3 Å². The first-order chi connectivity index (χ1) is 13.5. The number of amides is 1. The Morgan fingerprint density at radius 3 is 2.54 bits per heavy atom. The summed E-state index contributed by atoms with van der Waals surface area (Å²) >= 11 is 0. The van der Waals surface area contributed by atoms with Gasteiger partial charge in [0.1, 0.15) is 0 Å². The summed E-state index contributed by atoms with van der Waals surface area (Å²) in [7, 11) is 0. The molecule has 3 aromatic rings. The average Bonchev–Trinajstić information content (AvgIpc) is 2.71. The molecule has 0 bridgehead atoms. The summed E-state index contributed by atoms with van der Waals surface area (Å²) in [6, 6.07) is 13.2. The molecule has 1 aliphatic rings. The van der Waals surface area contributed by atoms with Crippen molar-refractivity contribution in [2.45, 2.75) is 44.1 Å². The van der Waals surface area contributed by atoms with E-state index >= 15 is 0 Å². The van der Waals surface area contributed by atoms with E-state index in [0.29, 0.717) is 17.4 Å². The number of aromatic nitrogens is 2. The second-order valence-electron chi connectivity index (χ2n) is 7.51. The number of aliphatic hydroxyl groups excluding tert-OH is 1. The molecule has 0 aliphatic heterocycles. The number of aliphatic hydroxyl groups is 1. The topological polar surface area (TPSA) is 109 Å². The number of rotatable bonds is 4. The standard InChI is InChI=1S/C22H23N3O3/c23-21(27)19-11-13(5-10-16(19)14-6-8-15(26)9-7-14)12-20-17-3-1-2-4-18(17)22(28)25-24-20/h1-5,10-11,14-15,26H,6-9,12H2,(H2,23,27)(H,25,28). The third-order valence-electron chi connectivity index (χ3n) is 5.67. The van der Waals surface area contributed by atoms with Crippen LogP contribution in [0, 0.1) is 0 Å². The number of carbonyl (C=O) groups is 1. The van der Waals surface area contributed by atoms with Crippen LogP contribution in [-0.2, 0) is 6.42 Å². The van der Waals surface area contributed by atoms with Crippen molar-refractivity contribution in [1.29, 1.82) is 0 Å². The summed E-state index contributed by atoms with van der Waals surface area (Å²) < 4.78 is 0. The van der Waals surface area contributed by atoms with E-state index < -0.39 is 5.91 Å². The zero-order valence-electron chi connectivity index (χ0n) is 15.5. The molecule has 1 heterocycles. The lowest BCUT2D eigenvalue weighted by atomic mass is 9.80. The predicted molar refractivity (Wildman–Crippen MR) is 107 cm³/mol. The fourth-order valence-corrected chi connectivity index (χ4v) is 4.17. The fourth-order valence-electron chi connectivity index (χ4n) is 4.17. The normalized spacial score (nSPS) is 19.6. The van der Waals surface area contributed by atoms with E-state index in [9.17, 15) is 14.7 Å². The minimum Gasteiger partial charge on any atom is -0.393 e. The SMILES string of the molecule is NC(=O)c1cc(Cc2n[nH]c(=O)c3ccccc23)ccc1C1CCC(O)CC1. The molecule has 4 N–H and O–H groups in total. The van der Waals surface area contributed by atoms with Crippen LogP contribution >= 0.6 is 0 Å². The van der Waals surface area contributed by atoms with Crippen LogP contribution in [-0.4, -0.2) is 27.3 Å². The number of H-pyrrole nitrogens is 1. The molecule has 0 radical (unpaired) electrons. The van der Waals surface area contributed by atoms with E-state index in [0.717, 1.165) is 47.9 Å². The fraction of sp³-hybridized carbons (Fsp3) is 0.318. The van der Waals surface area contributed by atoms with Crippen LogP contribution in [0.1, 0.15) is 58.8 Å². The number of nitrogens with two attached hydrogens (primary N) is 1. The molecule has 1 saturated carbocycles. The van der Waals surface area contributed by atoms with Gasteiger partial charge in [-0.05, 0) is 54.9 Å². The molecule has 1 amide bonds. The molecule has 4 rings (SSSR count). The molecule has 6 heteroatoms. The molecule has 144 valence electrons. The third-order valence-corrected chi connectivity index (χ3v) is 5.67. The summed E-state index contributed by atoms with van der Waals surface area (Å²) in [5.74, 6) is -0.200. The van der Waals surface area contributed by atoms with Gasteiger partial charge in [-0.3, -0.25) is 9.59 Å². The second-order valence-corrected chi connectivity index (χ2v) is 7.51. The summed E-state index contributed by atoms with van der Waals surface area (Å²) in [4.78, 5) is 24.1. The highest BCUT2D eigenvalue weighted by Crippen LogP contribution is 2.35. The summed E-state index contributed by atoms with van der Waals surface area (Å²) in [6.07, 6.45) is 3.45. The minimum atomic E-state index is -0.442. The number of hydrogen-bond acceptors (Lipinski definition) is 4. The van der Waals surface area contributed by atoms with Gasteiger partial charge in [0.2, 0.25) is 5.91 Å². The number of nitrogens with one attached hydrogen (secondary N) is 1. The molecule has 28 heavy (non-hydrogen) atoms. The van der Waals surface area contributed by atoms with Crippen molar-refractivity contribution in [1.82, 2.24) is 10.2 Å². The van der Waals surface area contributed by atoms with E-state index in [2.05, 4.69) is 10.2 Å². The molecular weight excluding hydrogens is 354 g/mol. The number of carbonyl (C=O) groups excluding carboxylic acids is 1. The van der Waals surface area contributed by atoms with E-state index in [1.807, 2.05) is 36.4 Å². The highest BCUT2D eigenvalue weighted by atomic mass is 16.3. The van der Waals surface area contributed by atoms with Gasteiger partial charge in [-0.2, -0.15) is 5.10 Å². The predicted octanol–water partition coefficient (Wildman–Crippen LogP) is 2.63. The van der Waals surface area contributed by atoms with Crippen molar-refractivity contribution in [3.63, 3.8) is 0 Å². The average molecular weight is 377 g/mol. The Balaban J connectivity index is 1.68. The van der Waals surface area contributed by atoms with Gasteiger partial charge < -0.3 is 10.8 Å². The maximum absolute atomic E-state index is 12.1. The highest BCUT2D eigenvalue weighted by molar-refractivity contribution is 5.95. The van der Waals surface area contributed by atoms with Crippen LogP contribution in [0.5, 0.6) is 0 Å². The van der Waals surface area contributed by atoms with E-state index in [1.54, 1.807) is 6.07 Å². The number of hydrogen-bond donors (Lipinski definition) is 3. The molecule has 1 aliphatic carbocycles. The van der Waals surface area contributed by atoms with Crippen molar-refractivity contribution < 1.29 is 9.90 Å². The van der Waals surface area contributed by atoms with Gasteiger partial charge in [0.15, 0.2) is 0 Å². The molecule has 2 aromatic carbocycles. The molecule has 0 unspecified atom stereocenters. The highest BCUT2D eigenvalue weighted by Gasteiger charge is 2.24. The van der Waals surface area contributed by atoms with Gasteiger partial charge in [-0.15, -0.1) is 0 Å². The molecule has 1 fully saturated rings. The first-order valence-electron chi connectivity index (χ1n) is 9.60. The first-order valence-corrected chi connectivity index (χ1v) is 9.60. The van der Waals surface area contributed by atoms with Gasteiger partial charge in [0, 0.05) is 17.4 Å². The lowest BCUT2D eigenvalue weighted by Gasteiger charge is -2.27. The largest absolute Gasteiger partial charge is 0.393 e. The van der Waals surface area contributed by atoms with Gasteiger partial charge in [-0.25, -0.2) is 5.10 Å². The number of benzene rings is 2. The van der Waals surface area contributed by atoms with Crippen LogP contribution in [0.4, 0.5) is 0 Å². The second kappa shape index (κ2) is 7.56. The van der Waals surface area contributed by atoms with Crippen molar-refractivity contribution in [3.8, 4) is 0 Å². The van der Waals surface area contributed by atoms with Crippen LogP contribution in [0.3, 0.4) is 0 Å². The maximum Gasteiger partial charge on any atom is 0.272 e. The van der Waals surface area contributed by atoms with Gasteiger partial charge >= 0.3 is 0 Å². The Bertz CT molecular complexity index is 1080. The van der Waals surface area contributed by atoms with Crippen molar-refractivity contribution in [3.05, 3.63) is 75.2 Å². The van der Waals surface area contributed by atoms with Gasteiger partial charge in [0.25, 0.3) is 5.56 Å². The summed E-state index contributed by atoms with van der Waals surface area (Å²) in [5, 5.41) is 17.9. The van der Waals surface area contributed by atoms with E-state index in [1.165, 1.54) is 0 Å². The smallest absolute Gasteiger partial charge is 0.272 e. The minimum absolute atomic E-state index is 0.216. The maximum atomic E-state index is 12.1. The van der Waals surface area contributed by atoms with Crippen molar-refractivity contribution in [2.24, 2.45) is 5.73 Å².